The lowest BCUT2D eigenvalue weighted by Crippen LogP contribution is -2.34. The maximum absolute atomic E-state index is 13.1. The van der Waals surface area contributed by atoms with Gasteiger partial charge in [-0.3, -0.25) is 9.48 Å². The van der Waals surface area contributed by atoms with Crippen molar-refractivity contribution in [3.8, 4) is 0 Å². The second kappa shape index (κ2) is 7.18. The Morgan fingerprint density at radius 2 is 2.11 bits per heavy atom. The second-order valence-corrected chi connectivity index (χ2v) is 7.39. The molecule has 1 aliphatic rings. The Bertz CT molecular complexity index is 984. The SMILES string of the molecule is CCN(CCc1nc2c(C)cccc2[nH]1)C(=O)c1nn(C)c2c1CCCC2. The number of H-pyrrole nitrogens is 1. The molecule has 0 fully saturated rings. The standard InChI is InChI=1S/C21H27N5O/c1-4-26(13-12-18-22-16-10-7-8-14(2)19(16)23-18)21(27)20-15-9-5-6-11-17(15)25(3)24-20/h7-8,10H,4-6,9,11-13H2,1-3H3,(H,22,23). The number of aryl methyl sites for hydroxylation is 2. The van der Waals surface area contributed by atoms with Gasteiger partial charge in [0.1, 0.15) is 5.82 Å². The van der Waals surface area contributed by atoms with Gasteiger partial charge in [0, 0.05) is 37.8 Å². The van der Waals surface area contributed by atoms with Crippen molar-refractivity contribution < 1.29 is 4.79 Å². The zero-order chi connectivity index (χ0) is 19.0. The third-order valence-corrected chi connectivity index (χ3v) is 5.62. The predicted molar refractivity (Wildman–Crippen MR) is 106 cm³/mol. The fraction of sp³-hybridized carbons (Fsp3) is 0.476. The number of rotatable bonds is 5. The zero-order valence-corrected chi connectivity index (χ0v) is 16.4. The summed E-state index contributed by atoms with van der Waals surface area (Å²) in [6, 6.07) is 6.15. The number of carbonyl (C=O) groups is 1. The number of aromatic amines is 1. The second-order valence-electron chi connectivity index (χ2n) is 7.39. The van der Waals surface area contributed by atoms with Gasteiger partial charge in [-0.2, -0.15) is 5.10 Å². The van der Waals surface area contributed by atoms with E-state index in [0.717, 1.165) is 41.7 Å². The fourth-order valence-electron chi connectivity index (χ4n) is 4.08. The summed E-state index contributed by atoms with van der Waals surface area (Å²) in [7, 11) is 1.95. The highest BCUT2D eigenvalue weighted by Gasteiger charge is 2.26. The van der Waals surface area contributed by atoms with Gasteiger partial charge >= 0.3 is 0 Å². The normalized spacial score (nSPS) is 13.7. The molecule has 1 aromatic carbocycles. The van der Waals surface area contributed by atoms with Gasteiger partial charge in [-0.05, 0) is 51.2 Å². The Morgan fingerprint density at radius 1 is 1.30 bits per heavy atom. The third-order valence-electron chi connectivity index (χ3n) is 5.62. The van der Waals surface area contributed by atoms with E-state index in [1.807, 2.05) is 35.7 Å². The van der Waals surface area contributed by atoms with Crippen LogP contribution in [0.15, 0.2) is 18.2 Å². The van der Waals surface area contributed by atoms with E-state index in [1.165, 1.54) is 17.7 Å². The minimum Gasteiger partial charge on any atom is -0.342 e. The molecule has 6 nitrogen and oxygen atoms in total. The summed E-state index contributed by atoms with van der Waals surface area (Å²) in [6.07, 6.45) is 5.02. The number of nitrogens with zero attached hydrogens (tertiary/aromatic N) is 4. The number of imidazole rings is 1. The molecule has 0 spiro atoms. The number of carbonyl (C=O) groups excluding carboxylic acids is 1. The van der Waals surface area contributed by atoms with Gasteiger partial charge in [0.05, 0.1) is 11.0 Å². The average molecular weight is 365 g/mol. The minimum absolute atomic E-state index is 0.0449. The largest absolute Gasteiger partial charge is 0.342 e. The average Bonchev–Trinajstić information content (AvgIpc) is 3.24. The number of hydrogen-bond acceptors (Lipinski definition) is 3. The molecule has 0 aliphatic heterocycles. The van der Waals surface area contributed by atoms with Crippen molar-refractivity contribution in [2.75, 3.05) is 13.1 Å². The molecule has 0 unspecified atom stereocenters. The van der Waals surface area contributed by atoms with Crippen LogP contribution in [0, 0.1) is 6.92 Å². The summed E-state index contributed by atoms with van der Waals surface area (Å²) < 4.78 is 1.90. The van der Waals surface area contributed by atoms with Crippen LogP contribution in [0.1, 0.15) is 52.9 Å². The van der Waals surface area contributed by atoms with Crippen LogP contribution >= 0.6 is 0 Å². The van der Waals surface area contributed by atoms with E-state index in [2.05, 4.69) is 23.1 Å². The van der Waals surface area contributed by atoms with Crippen molar-refractivity contribution in [2.45, 2.75) is 46.0 Å². The van der Waals surface area contributed by atoms with Crippen LogP contribution in [-0.4, -0.2) is 43.6 Å². The topological polar surface area (TPSA) is 66.8 Å². The molecule has 2 heterocycles. The molecule has 0 radical (unpaired) electrons. The van der Waals surface area contributed by atoms with Gasteiger partial charge < -0.3 is 9.88 Å². The van der Waals surface area contributed by atoms with Crippen LogP contribution in [-0.2, 0) is 26.3 Å². The van der Waals surface area contributed by atoms with Crippen molar-refractivity contribution in [2.24, 2.45) is 7.05 Å². The third kappa shape index (κ3) is 3.24. The van der Waals surface area contributed by atoms with Gasteiger partial charge in [-0.1, -0.05) is 12.1 Å². The summed E-state index contributed by atoms with van der Waals surface area (Å²) in [5.41, 5.74) is 6.27. The molecule has 1 aliphatic carbocycles. The predicted octanol–water partition coefficient (Wildman–Crippen LogP) is 3.19. The number of nitrogens with one attached hydrogen (secondary N) is 1. The smallest absolute Gasteiger partial charge is 0.274 e. The van der Waals surface area contributed by atoms with E-state index in [1.54, 1.807) is 0 Å². The molecular formula is C21H27N5O. The van der Waals surface area contributed by atoms with Gasteiger partial charge in [0.25, 0.3) is 5.91 Å². The van der Waals surface area contributed by atoms with Crippen LogP contribution in [0.2, 0.25) is 0 Å². The molecule has 2 aromatic heterocycles. The van der Waals surface area contributed by atoms with E-state index in [-0.39, 0.29) is 5.91 Å². The first-order valence-corrected chi connectivity index (χ1v) is 9.86. The number of aromatic nitrogens is 4. The maximum atomic E-state index is 13.1. The van der Waals surface area contributed by atoms with E-state index in [9.17, 15) is 4.79 Å². The van der Waals surface area contributed by atoms with Gasteiger partial charge in [-0.25, -0.2) is 4.98 Å². The van der Waals surface area contributed by atoms with Crippen LogP contribution in [0.5, 0.6) is 0 Å². The van der Waals surface area contributed by atoms with Crippen LogP contribution < -0.4 is 0 Å². The van der Waals surface area contributed by atoms with Crippen molar-refractivity contribution in [1.82, 2.24) is 24.6 Å². The van der Waals surface area contributed by atoms with E-state index < -0.39 is 0 Å². The zero-order valence-electron chi connectivity index (χ0n) is 16.4. The summed E-state index contributed by atoms with van der Waals surface area (Å²) in [5, 5.41) is 4.56. The summed E-state index contributed by atoms with van der Waals surface area (Å²) in [4.78, 5) is 23.1. The van der Waals surface area contributed by atoms with Crippen LogP contribution in [0.25, 0.3) is 11.0 Å². The monoisotopic (exact) mass is 365 g/mol. The van der Waals surface area contributed by atoms with Crippen molar-refractivity contribution in [1.29, 1.82) is 0 Å². The molecule has 27 heavy (non-hydrogen) atoms. The Balaban J connectivity index is 1.52. The Labute approximate surface area is 159 Å². The fourth-order valence-corrected chi connectivity index (χ4v) is 4.08. The number of amides is 1. The Hall–Kier alpha value is -2.63. The summed E-state index contributed by atoms with van der Waals surface area (Å²) >= 11 is 0. The molecule has 6 heteroatoms. The molecule has 0 atom stereocenters. The van der Waals surface area contributed by atoms with Crippen LogP contribution in [0.4, 0.5) is 0 Å². The molecule has 1 amide bonds. The number of fused-ring (bicyclic) bond motifs is 2. The van der Waals surface area contributed by atoms with Crippen molar-refractivity contribution in [3.63, 3.8) is 0 Å². The van der Waals surface area contributed by atoms with Crippen LogP contribution in [0.3, 0.4) is 0 Å². The number of likely N-dealkylation sites (N-methyl/N-ethyl adjacent to an activating group) is 1. The summed E-state index contributed by atoms with van der Waals surface area (Å²) in [5.74, 6) is 0.970. The Kier molecular flexibility index (Phi) is 4.72. The van der Waals surface area contributed by atoms with E-state index in [4.69, 9.17) is 4.98 Å². The minimum atomic E-state index is 0.0449. The molecule has 0 saturated carbocycles. The molecule has 0 saturated heterocycles. The number of hydrogen-bond donors (Lipinski definition) is 1. The molecule has 142 valence electrons. The highest BCUT2D eigenvalue weighted by Crippen LogP contribution is 2.25. The first kappa shape index (κ1) is 17.8. The number of benzene rings is 1. The lowest BCUT2D eigenvalue weighted by Gasteiger charge is -2.20. The van der Waals surface area contributed by atoms with Crippen molar-refractivity contribution >= 4 is 16.9 Å². The molecule has 0 bridgehead atoms. The molecule has 3 aromatic rings. The first-order chi connectivity index (χ1) is 13.1. The van der Waals surface area contributed by atoms with E-state index >= 15 is 0 Å². The van der Waals surface area contributed by atoms with Gasteiger partial charge in [-0.15, -0.1) is 0 Å². The molecular weight excluding hydrogens is 338 g/mol. The van der Waals surface area contributed by atoms with E-state index in [0.29, 0.717) is 25.2 Å². The Morgan fingerprint density at radius 3 is 2.89 bits per heavy atom. The molecule has 1 N–H and O–H groups in total. The lowest BCUT2D eigenvalue weighted by molar-refractivity contribution is 0.0757. The van der Waals surface area contributed by atoms with Crippen molar-refractivity contribution in [3.05, 3.63) is 46.5 Å². The first-order valence-electron chi connectivity index (χ1n) is 9.86. The van der Waals surface area contributed by atoms with Gasteiger partial charge in [0.2, 0.25) is 0 Å². The molecule has 4 rings (SSSR count). The number of para-hydroxylation sites is 1. The maximum Gasteiger partial charge on any atom is 0.274 e. The highest BCUT2D eigenvalue weighted by molar-refractivity contribution is 5.94. The quantitative estimate of drug-likeness (QED) is 0.755. The summed E-state index contributed by atoms with van der Waals surface area (Å²) in [6.45, 7) is 5.40. The highest BCUT2D eigenvalue weighted by atomic mass is 16.2. The van der Waals surface area contributed by atoms with Gasteiger partial charge in [0.15, 0.2) is 5.69 Å². The lowest BCUT2D eigenvalue weighted by atomic mass is 9.95.